The quantitative estimate of drug-likeness (QED) is 0.139. The molecule has 0 bridgehead atoms. The Morgan fingerprint density at radius 3 is 2.58 bits per heavy atom. The highest BCUT2D eigenvalue weighted by Crippen LogP contribution is 2.19. The normalized spacial score (nSPS) is 18.4. The maximum atomic E-state index is 12.2. The molecular formula is C21H30N6O4. The molecule has 0 saturated heterocycles. The van der Waals surface area contributed by atoms with Crippen molar-refractivity contribution in [3.05, 3.63) is 47.5 Å². The fourth-order valence-corrected chi connectivity index (χ4v) is 3.44. The maximum absolute atomic E-state index is 12.2. The minimum atomic E-state index is -1.13. The molecule has 0 aromatic heterocycles. The van der Waals surface area contributed by atoms with Crippen molar-refractivity contribution in [1.82, 2.24) is 16.0 Å². The molecule has 0 radical (unpaired) electrons. The van der Waals surface area contributed by atoms with Gasteiger partial charge in [0.15, 0.2) is 0 Å². The van der Waals surface area contributed by atoms with Crippen molar-refractivity contribution in [3.8, 4) is 0 Å². The van der Waals surface area contributed by atoms with Gasteiger partial charge in [-0.2, -0.15) is 0 Å². The molecule has 0 fully saturated rings. The third-order valence-corrected chi connectivity index (χ3v) is 5.22. The Morgan fingerprint density at radius 2 is 1.97 bits per heavy atom. The molecule has 1 aromatic rings. The molecule has 10 heteroatoms. The summed E-state index contributed by atoms with van der Waals surface area (Å²) in [5.41, 5.74) is 13.0. The molecule has 0 spiro atoms. The Kier molecular flexibility index (Phi) is 8.71. The number of nitrogens with two attached hydrogens (primary N) is 2. The Hall–Kier alpha value is -3.24. The van der Waals surface area contributed by atoms with Gasteiger partial charge in [-0.1, -0.05) is 43.3 Å². The predicted molar refractivity (Wildman–Crippen MR) is 116 cm³/mol. The number of amidine groups is 1. The Labute approximate surface area is 181 Å². The van der Waals surface area contributed by atoms with E-state index in [-0.39, 0.29) is 25.2 Å². The first-order valence-electron chi connectivity index (χ1n) is 10.1. The molecule has 1 aliphatic rings. The lowest BCUT2D eigenvalue weighted by Crippen LogP contribution is -2.46. The van der Waals surface area contributed by atoms with Crippen LogP contribution in [0.1, 0.15) is 31.2 Å². The van der Waals surface area contributed by atoms with E-state index in [9.17, 15) is 19.5 Å². The summed E-state index contributed by atoms with van der Waals surface area (Å²) >= 11 is 0. The smallest absolute Gasteiger partial charge is 0.326 e. The van der Waals surface area contributed by atoms with Gasteiger partial charge < -0.3 is 32.5 Å². The minimum Gasteiger partial charge on any atom is -0.480 e. The molecule has 168 valence electrons. The molecule has 4 atom stereocenters. The predicted octanol–water partition coefficient (Wildman–Crippen LogP) is -0.583. The summed E-state index contributed by atoms with van der Waals surface area (Å²) in [5.74, 6) is -2.51. The zero-order valence-electron chi connectivity index (χ0n) is 17.4. The minimum absolute atomic E-state index is 0.0257. The van der Waals surface area contributed by atoms with Crippen molar-refractivity contribution < 1.29 is 19.5 Å². The van der Waals surface area contributed by atoms with Crippen LogP contribution in [0.3, 0.4) is 0 Å². The molecule has 9 N–H and O–H groups in total. The van der Waals surface area contributed by atoms with Crippen molar-refractivity contribution in [2.75, 3.05) is 13.1 Å². The van der Waals surface area contributed by atoms with E-state index in [2.05, 4.69) is 16.0 Å². The number of benzene rings is 1. The first-order chi connectivity index (χ1) is 14.7. The summed E-state index contributed by atoms with van der Waals surface area (Å²) in [6.45, 7) is 2.31. The van der Waals surface area contributed by atoms with Gasteiger partial charge in [0.1, 0.15) is 11.9 Å². The molecule has 2 amide bonds. The fourth-order valence-electron chi connectivity index (χ4n) is 3.44. The number of carbonyl (C=O) groups excluding carboxylic acids is 2. The van der Waals surface area contributed by atoms with E-state index < -0.39 is 41.8 Å². The summed E-state index contributed by atoms with van der Waals surface area (Å²) in [6, 6.07) is 6.71. The SMILES string of the molecule is CC(c1ccccc1)C(NC(=O)CCNC(=O)C(N)CC1=CCNC1C(=N)N)C(=O)O. The Balaban J connectivity index is 1.80. The van der Waals surface area contributed by atoms with Gasteiger partial charge in [-0.3, -0.25) is 15.0 Å². The van der Waals surface area contributed by atoms with Crippen LogP contribution in [0.25, 0.3) is 0 Å². The summed E-state index contributed by atoms with van der Waals surface area (Å²) in [5, 5.41) is 25.2. The van der Waals surface area contributed by atoms with E-state index in [1.165, 1.54) is 0 Å². The van der Waals surface area contributed by atoms with E-state index >= 15 is 0 Å². The molecule has 0 aliphatic carbocycles. The van der Waals surface area contributed by atoms with Crippen molar-refractivity contribution >= 4 is 23.6 Å². The first-order valence-corrected chi connectivity index (χ1v) is 10.1. The van der Waals surface area contributed by atoms with Gasteiger partial charge in [0.2, 0.25) is 11.8 Å². The summed E-state index contributed by atoms with van der Waals surface area (Å²) in [4.78, 5) is 36.1. The van der Waals surface area contributed by atoms with E-state index in [1.54, 1.807) is 19.1 Å². The molecule has 1 aromatic carbocycles. The first kappa shape index (κ1) is 24.0. The van der Waals surface area contributed by atoms with Crippen molar-refractivity contribution in [2.45, 2.75) is 43.8 Å². The van der Waals surface area contributed by atoms with Crippen LogP contribution >= 0.6 is 0 Å². The van der Waals surface area contributed by atoms with Crippen LogP contribution in [0.5, 0.6) is 0 Å². The van der Waals surface area contributed by atoms with Crippen LogP contribution < -0.4 is 27.4 Å². The third-order valence-electron chi connectivity index (χ3n) is 5.22. The van der Waals surface area contributed by atoms with E-state index in [4.69, 9.17) is 16.9 Å². The lowest BCUT2D eigenvalue weighted by atomic mass is 9.93. The zero-order chi connectivity index (χ0) is 23.0. The highest BCUT2D eigenvalue weighted by Gasteiger charge is 2.28. The van der Waals surface area contributed by atoms with Gasteiger partial charge in [-0.05, 0) is 17.6 Å². The van der Waals surface area contributed by atoms with Gasteiger partial charge in [0.05, 0.1) is 12.1 Å². The number of hydrogen-bond donors (Lipinski definition) is 7. The molecule has 1 heterocycles. The Morgan fingerprint density at radius 1 is 1.29 bits per heavy atom. The number of carboxylic acid groups (broad SMARTS) is 1. The summed E-state index contributed by atoms with van der Waals surface area (Å²) in [6.07, 6.45) is 2.02. The van der Waals surface area contributed by atoms with Gasteiger partial charge in [0, 0.05) is 25.4 Å². The lowest BCUT2D eigenvalue weighted by molar-refractivity contribution is -0.142. The van der Waals surface area contributed by atoms with Crippen LogP contribution in [0, 0.1) is 5.41 Å². The summed E-state index contributed by atoms with van der Waals surface area (Å²) < 4.78 is 0. The fraction of sp³-hybridized carbons (Fsp3) is 0.429. The number of carbonyl (C=O) groups is 3. The van der Waals surface area contributed by atoms with Crippen molar-refractivity contribution in [2.24, 2.45) is 11.5 Å². The molecule has 10 nitrogen and oxygen atoms in total. The van der Waals surface area contributed by atoms with E-state index in [0.717, 1.165) is 11.1 Å². The van der Waals surface area contributed by atoms with Gasteiger partial charge >= 0.3 is 5.97 Å². The maximum Gasteiger partial charge on any atom is 0.326 e. The molecule has 4 unspecified atom stereocenters. The second kappa shape index (κ2) is 11.2. The highest BCUT2D eigenvalue weighted by molar-refractivity contribution is 5.88. The number of nitrogens with one attached hydrogen (secondary N) is 4. The second-order valence-corrected chi connectivity index (χ2v) is 7.51. The van der Waals surface area contributed by atoms with Crippen LogP contribution in [-0.4, -0.2) is 59.9 Å². The van der Waals surface area contributed by atoms with Gasteiger partial charge in [-0.25, -0.2) is 4.79 Å². The summed E-state index contributed by atoms with van der Waals surface area (Å²) in [7, 11) is 0. The standard InChI is InChI=1S/C21H30N6O4/c1-12(13-5-3-2-4-6-13)17(21(30)31)27-16(28)8-10-26-20(29)15(22)11-14-7-9-25-18(14)19(23)24/h2-7,12,15,17-18,25H,8-11,22H2,1H3,(H3,23,24)(H,26,29)(H,27,28)(H,30,31). The topological polar surface area (TPSA) is 183 Å². The molecule has 0 saturated carbocycles. The molecule has 2 rings (SSSR count). The van der Waals surface area contributed by atoms with Gasteiger partial charge in [-0.15, -0.1) is 0 Å². The number of rotatable bonds is 11. The second-order valence-electron chi connectivity index (χ2n) is 7.51. The monoisotopic (exact) mass is 430 g/mol. The van der Waals surface area contributed by atoms with Crippen LogP contribution in [0.4, 0.5) is 0 Å². The lowest BCUT2D eigenvalue weighted by Gasteiger charge is -2.22. The number of aliphatic carboxylic acids is 1. The molecule has 1 aliphatic heterocycles. The van der Waals surface area contributed by atoms with E-state index in [1.807, 2.05) is 24.3 Å². The van der Waals surface area contributed by atoms with Crippen LogP contribution in [0.2, 0.25) is 0 Å². The average molecular weight is 431 g/mol. The molecular weight excluding hydrogens is 400 g/mol. The van der Waals surface area contributed by atoms with Crippen LogP contribution in [0.15, 0.2) is 42.0 Å². The van der Waals surface area contributed by atoms with Crippen molar-refractivity contribution in [1.29, 1.82) is 5.41 Å². The Bertz CT molecular complexity index is 842. The third kappa shape index (κ3) is 6.90. The number of carboxylic acids is 1. The average Bonchev–Trinajstić information content (AvgIpc) is 3.20. The van der Waals surface area contributed by atoms with E-state index in [0.29, 0.717) is 6.54 Å². The largest absolute Gasteiger partial charge is 0.480 e. The molecule has 31 heavy (non-hydrogen) atoms. The zero-order valence-corrected chi connectivity index (χ0v) is 17.4. The van der Waals surface area contributed by atoms with Gasteiger partial charge in [0.25, 0.3) is 0 Å². The number of hydrogen-bond acceptors (Lipinski definition) is 6. The number of amides is 2. The van der Waals surface area contributed by atoms with Crippen molar-refractivity contribution in [3.63, 3.8) is 0 Å². The highest BCUT2D eigenvalue weighted by atomic mass is 16.4. The van der Waals surface area contributed by atoms with Crippen LogP contribution in [-0.2, 0) is 14.4 Å².